The third-order valence-corrected chi connectivity index (χ3v) is 3.83. The van der Waals surface area contributed by atoms with E-state index in [-0.39, 0.29) is 0 Å². The molecule has 0 atom stereocenters. The number of benzene rings is 2. The maximum absolute atomic E-state index is 5.77. The minimum atomic E-state index is 0.772. The maximum Gasteiger partial charge on any atom is 0.101 e. The predicted octanol–water partition coefficient (Wildman–Crippen LogP) is 4.28. The van der Waals surface area contributed by atoms with Gasteiger partial charge in [0.15, 0.2) is 0 Å². The second kappa shape index (κ2) is 4.94. The van der Waals surface area contributed by atoms with Gasteiger partial charge in [-0.3, -0.25) is 0 Å². The molecule has 2 N–H and O–H groups in total. The fourth-order valence-electron chi connectivity index (χ4n) is 1.98. The Bertz CT molecular complexity index is 738. The molecule has 0 aliphatic rings. The molecule has 0 saturated carbocycles. The zero-order valence-corrected chi connectivity index (χ0v) is 11.4. The summed E-state index contributed by atoms with van der Waals surface area (Å²) < 4.78 is 0. The molecule has 1 heterocycles. The van der Waals surface area contributed by atoms with Gasteiger partial charge in [0.25, 0.3) is 0 Å². The fraction of sp³-hybridized carbons (Fsp3) is 0.0625. The second-order valence-corrected chi connectivity index (χ2v) is 5.61. The quantitative estimate of drug-likeness (QED) is 0.704. The van der Waals surface area contributed by atoms with E-state index in [9.17, 15) is 0 Å². The standard InChI is InChI=1S/C16H14N2S/c1-11-3-2-4-14(9-11)19-16-8-5-12-10-13(17)6-7-15(12)18-16/h2-10H,17H2,1H3. The van der Waals surface area contributed by atoms with Crippen LogP contribution in [0.2, 0.25) is 0 Å². The summed E-state index contributed by atoms with van der Waals surface area (Å²) in [5, 5.41) is 2.08. The Balaban J connectivity index is 1.95. The Morgan fingerprint density at radius 2 is 1.89 bits per heavy atom. The second-order valence-electron chi connectivity index (χ2n) is 4.52. The van der Waals surface area contributed by atoms with Crippen molar-refractivity contribution in [2.45, 2.75) is 16.8 Å². The first-order valence-electron chi connectivity index (χ1n) is 6.11. The topological polar surface area (TPSA) is 38.9 Å². The number of aryl methyl sites for hydroxylation is 1. The van der Waals surface area contributed by atoms with Crippen LogP contribution in [-0.4, -0.2) is 4.98 Å². The predicted molar refractivity (Wildman–Crippen MR) is 81.5 cm³/mol. The number of pyridine rings is 1. The number of fused-ring (bicyclic) bond motifs is 1. The van der Waals surface area contributed by atoms with Crippen molar-refractivity contribution in [3.8, 4) is 0 Å². The van der Waals surface area contributed by atoms with Gasteiger partial charge in [-0.2, -0.15) is 0 Å². The van der Waals surface area contributed by atoms with Crippen molar-refractivity contribution in [2.24, 2.45) is 0 Å². The lowest BCUT2D eigenvalue weighted by molar-refractivity contribution is 1.18. The van der Waals surface area contributed by atoms with Crippen LogP contribution in [0.5, 0.6) is 0 Å². The Morgan fingerprint density at radius 3 is 2.74 bits per heavy atom. The number of rotatable bonds is 2. The summed E-state index contributed by atoms with van der Waals surface area (Å²) in [6, 6.07) is 18.3. The summed E-state index contributed by atoms with van der Waals surface area (Å²) in [5.74, 6) is 0. The van der Waals surface area contributed by atoms with Crippen LogP contribution in [0.15, 0.2) is 64.5 Å². The van der Waals surface area contributed by atoms with E-state index in [0.717, 1.165) is 21.6 Å². The lowest BCUT2D eigenvalue weighted by atomic mass is 10.2. The van der Waals surface area contributed by atoms with Crippen LogP contribution in [0, 0.1) is 6.92 Å². The average Bonchev–Trinajstić information content (AvgIpc) is 2.39. The molecule has 1 aromatic heterocycles. The molecule has 3 heteroatoms. The molecule has 2 nitrogen and oxygen atoms in total. The lowest BCUT2D eigenvalue weighted by Crippen LogP contribution is -1.87. The molecule has 0 amide bonds. The van der Waals surface area contributed by atoms with Crippen molar-refractivity contribution in [1.82, 2.24) is 4.98 Å². The molecule has 0 saturated heterocycles. The molecule has 0 spiro atoms. The van der Waals surface area contributed by atoms with E-state index in [1.54, 1.807) is 11.8 Å². The molecular formula is C16H14N2S. The van der Waals surface area contributed by atoms with Crippen LogP contribution in [0.4, 0.5) is 5.69 Å². The van der Waals surface area contributed by atoms with Crippen LogP contribution in [0.25, 0.3) is 10.9 Å². The normalized spacial score (nSPS) is 10.8. The zero-order chi connectivity index (χ0) is 13.2. The fourth-order valence-corrected chi connectivity index (χ4v) is 2.89. The third kappa shape index (κ3) is 2.71. The Kier molecular flexibility index (Phi) is 3.13. The Morgan fingerprint density at radius 1 is 1.00 bits per heavy atom. The molecule has 3 aromatic rings. The first-order valence-corrected chi connectivity index (χ1v) is 6.93. The first-order chi connectivity index (χ1) is 9.20. The molecular weight excluding hydrogens is 252 g/mol. The van der Waals surface area contributed by atoms with Gasteiger partial charge < -0.3 is 5.73 Å². The van der Waals surface area contributed by atoms with Crippen molar-refractivity contribution in [2.75, 3.05) is 5.73 Å². The number of nitrogen functional groups attached to an aromatic ring is 1. The number of hydrogen-bond donors (Lipinski definition) is 1. The van der Waals surface area contributed by atoms with Crippen molar-refractivity contribution in [3.05, 3.63) is 60.2 Å². The van der Waals surface area contributed by atoms with E-state index in [2.05, 4.69) is 42.2 Å². The van der Waals surface area contributed by atoms with Gasteiger partial charge in [0.2, 0.25) is 0 Å². The Hall–Kier alpha value is -2.00. The largest absolute Gasteiger partial charge is 0.399 e. The molecule has 0 bridgehead atoms. The molecule has 2 aromatic carbocycles. The number of nitrogens with zero attached hydrogens (tertiary/aromatic N) is 1. The van der Waals surface area contributed by atoms with E-state index in [1.165, 1.54) is 10.5 Å². The van der Waals surface area contributed by atoms with Gasteiger partial charge in [0.05, 0.1) is 5.52 Å². The van der Waals surface area contributed by atoms with E-state index >= 15 is 0 Å². The monoisotopic (exact) mass is 266 g/mol. The lowest BCUT2D eigenvalue weighted by Gasteiger charge is -2.04. The highest BCUT2D eigenvalue weighted by Gasteiger charge is 2.01. The van der Waals surface area contributed by atoms with Gasteiger partial charge in [-0.25, -0.2) is 4.98 Å². The van der Waals surface area contributed by atoms with E-state index in [1.807, 2.05) is 24.3 Å². The van der Waals surface area contributed by atoms with Gasteiger partial charge in [0.1, 0.15) is 5.03 Å². The van der Waals surface area contributed by atoms with Crippen molar-refractivity contribution in [3.63, 3.8) is 0 Å². The summed E-state index contributed by atoms with van der Waals surface area (Å²) >= 11 is 1.68. The van der Waals surface area contributed by atoms with Crippen LogP contribution in [0.3, 0.4) is 0 Å². The molecule has 0 aliphatic heterocycles. The number of aromatic nitrogens is 1. The summed E-state index contributed by atoms with van der Waals surface area (Å²) in [5.41, 5.74) is 8.78. The smallest absolute Gasteiger partial charge is 0.101 e. The van der Waals surface area contributed by atoms with Gasteiger partial charge in [-0.15, -0.1) is 0 Å². The number of nitrogens with two attached hydrogens (primary N) is 1. The summed E-state index contributed by atoms with van der Waals surface area (Å²) in [6.45, 7) is 2.10. The van der Waals surface area contributed by atoms with Gasteiger partial charge in [0, 0.05) is 16.0 Å². The first kappa shape index (κ1) is 12.1. The summed E-state index contributed by atoms with van der Waals surface area (Å²) in [7, 11) is 0. The molecule has 0 aliphatic carbocycles. The number of anilines is 1. The highest BCUT2D eigenvalue weighted by Crippen LogP contribution is 2.28. The van der Waals surface area contributed by atoms with Crippen molar-refractivity contribution < 1.29 is 0 Å². The molecule has 94 valence electrons. The maximum atomic E-state index is 5.77. The molecule has 0 unspecified atom stereocenters. The number of hydrogen-bond acceptors (Lipinski definition) is 3. The van der Waals surface area contributed by atoms with Crippen LogP contribution in [-0.2, 0) is 0 Å². The summed E-state index contributed by atoms with van der Waals surface area (Å²) in [6.07, 6.45) is 0. The average molecular weight is 266 g/mol. The van der Waals surface area contributed by atoms with E-state index in [0.29, 0.717) is 0 Å². The van der Waals surface area contributed by atoms with Gasteiger partial charge in [-0.1, -0.05) is 35.5 Å². The van der Waals surface area contributed by atoms with E-state index < -0.39 is 0 Å². The molecule has 3 rings (SSSR count). The highest BCUT2D eigenvalue weighted by atomic mass is 32.2. The molecule has 0 fully saturated rings. The van der Waals surface area contributed by atoms with Crippen LogP contribution >= 0.6 is 11.8 Å². The van der Waals surface area contributed by atoms with E-state index in [4.69, 9.17) is 5.73 Å². The zero-order valence-electron chi connectivity index (χ0n) is 10.6. The third-order valence-electron chi connectivity index (χ3n) is 2.90. The van der Waals surface area contributed by atoms with Gasteiger partial charge in [-0.05, 0) is 43.3 Å². The minimum Gasteiger partial charge on any atom is -0.399 e. The Labute approximate surface area is 116 Å². The minimum absolute atomic E-state index is 0.772. The molecule has 19 heavy (non-hydrogen) atoms. The SMILES string of the molecule is Cc1cccc(Sc2ccc3cc(N)ccc3n2)c1. The van der Waals surface area contributed by atoms with Gasteiger partial charge >= 0.3 is 0 Å². The van der Waals surface area contributed by atoms with Crippen LogP contribution in [0.1, 0.15) is 5.56 Å². The summed E-state index contributed by atoms with van der Waals surface area (Å²) in [4.78, 5) is 5.86. The van der Waals surface area contributed by atoms with Crippen molar-refractivity contribution in [1.29, 1.82) is 0 Å². The highest BCUT2D eigenvalue weighted by molar-refractivity contribution is 7.99. The van der Waals surface area contributed by atoms with Crippen molar-refractivity contribution >= 4 is 28.4 Å². The molecule has 0 radical (unpaired) electrons. The van der Waals surface area contributed by atoms with Crippen LogP contribution < -0.4 is 5.73 Å².